The number of halogens is 1. The molecule has 1 aliphatic heterocycles. The van der Waals surface area contributed by atoms with Gasteiger partial charge in [-0.15, -0.1) is 0 Å². The summed E-state index contributed by atoms with van der Waals surface area (Å²) in [5.74, 6) is 0.420. The Morgan fingerprint density at radius 1 is 1.29 bits per heavy atom. The highest BCUT2D eigenvalue weighted by Gasteiger charge is 2.25. The van der Waals surface area contributed by atoms with Gasteiger partial charge in [0, 0.05) is 22.2 Å². The van der Waals surface area contributed by atoms with Crippen molar-refractivity contribution in [2.75, 3.05) is 23.4 Å². The number of ether oxygens (including phenoxy) is 1. The third-order valence-electron chi connectivity index (χ3n) is 3.83. The summed E-state index contributed by atoms with van der Waals surface area (Å²) in [6, 6.07) is 13.1. The molecule has 0 bridgehead atoms. The number of nitrogens with one attached hydrogen (secondary N) is 1. The lowest BCUT2D eigenvalue weighted by molar-refractivity contribution is -0.121. The highest BCUT2D eigenvalue weighted by Crippen LogP contribution is 2.31. The molecule has 0 unspecified atom stereocenters. The molecule has 2 aromatic rings. The van der Waals surface area contributed by atoms with E-state index in [0.29, 0.717) is 18.0 Å². The Labute approximate surface area is 154 Å². The largest absolute Gasteiger partial charge is 0.482 e. The minimum Gasteiger partial charge on any atom is -0.482 e. The summed E-state index contributed by atoms with van der Waals surface area (Å²) in [5.41, 5.74) is 2.65. The minimum absolute atomic E-state index is 0.00872. The van der Waals surface area contributed by atoms with Crippen LogP contribution < -0.4 is 15.0 Å². The number of hydrogen-bond acceptors (Lipinski definition) is 3. The van der Waals surface area contributed by atoms with E-state index in [9.17, 15) is 9.59 Å². The molecule has 0 fully saturated rings. The fourth-order valence-electron chi connectivity index (χ4n) is 2.51. The Balaban J connectivity index is 1.64. The van der Waals surface area contributed by atoms with Crippen molar-refractivity contribution in [2.24, 2.45) is 0 Å². The predicted molar refractivity (Wildman–Crippen MR) is 101 cm³/mol. The molecule has 2 amide bonds. The van der Waals surface area contributed by atoms with E-state index in [4.69, 9.17) is 4.74 Å². The lowest BCUT2D eigenvalue weighted by Crippen LogP contribution is -2.40. The fraction of sp³-hybridized carbons (Fsp3) is 0.222. The van der Waals surface area contributed by atoms with E-state index in [1.165, 1.54) is 5.56 Å². The number of fused-ring (bicyclic) bond motifs is 1. The minimum atomic E-state index is -0.133. The number of para-hydroxylation sites is 2. The summed E-state index contributed by atoms with van der Waals surface area (Å²) in [4.78, 5) is 25.9. The lowest BCUT2D eigenvalue weighted by Gasteiger charge is -2.29. The second kappa shape index (κ2) is 7.21. The Hall–Kier alpha value is -2.09. The molecule has 24 heavy (non-hydrogen) atoms. The number of carbonyl (C=O) groups excluding carboxylic acids is 2. The number of aryl methyl sites for hydroxylation is 1. The van der Waals surface area contributed by atoms with Gasteiger partial charge in [-0.3, -0.25) is 9.59 Å². The predicted octanol–water partition coefficient (Wildman–Crippen LogP) is 3.35. The van der Waals surface area contributed by atoms with E-state index in [-0.39, 0.29) is 24.8 Å². The number of benzene rings is 2. The van der Waals surface area contributed by atoms with Crippen LogP contribution in [0.15, 0.2) is 42.5 Å². The van der Waals surface area contributed by atoms with Gasteiger partial charge in [-0.25, -0.2) is 0 Å². The van der Waals surface area contributed by atoms with Gasteiger partial charge in [0.2, 0.25) is 5.91 Å². The fourth-order valence-corrected chi connectivity index (χ4v) is 3.02. The molecule has 0 aromatic heterocycles. The third-order valence-corrected chi connectivity index (χ3v) is 4.99. The molecule has 2 aromatic carbocycles. The lowest BCUT2D eigenvalue weighted by atomic mass is 10.2. The second-order valence-corrected chi connectivity index (χ2v) is 6.73. The van der Waals surface area contributed by atoms with Crippen LogP contribution in [0.3, 0.4) is 0 Å². The standard InChI is InChI=1S/C18H17IN2O3/c1-12-6-7-13(10-14(12)19)20-17(22)8-9-21-15-4-2-3-5-16(15)24-11-18(21)23/h2-7,10H,8-9,11H2,1H3,(H,20,22). The first kappa shape index (κ1) is 16.8. The summed E-state index contributed by atoms with van der Waals surface area (Å²) < 4.78 is 6.50. The molecule has 0 atom stereocenters. The van der Waals surface area contributed by atoms with Crippen LogP contribution >= 0.6 is 22.6 Å². The summed E-state index contributed by atoms with van der Waals surface area (Å²) >= 11 is 2.24. The number of hydrogen-bond donors (Lipinski definition) is 1. The quantitative estimate of drug-likeness (QED) is 0.749. The van der Waals surface area contributed by atoms with Crippen molar-refractivity contribution >= 4 is 45.8 Å². The van der Waals surface area contributed by atoms with Crippen molar-refractivity contribution < 1.29 is 14.3 Å². The molecule has 0 aliphatic carbocycles. The van der Waals surface area contributed by atoms with E-state index in [1.807, 2.05) is 49.4 Å². The number of anilines is 2. The van der Waals surface area contributed by atoms with Crippen LogP contribution in [0.25, 0.3) is 0 Å². The van der Waals surface area contributed by atoms with E-state index < -0.39 is 0 Å². The van der Waals surface area contributed by atoms with E-state index >= 15 is 0 Å². The van der Waals surface area contributed by atoms with Crippen molar-refractivity contribution in [3.8, 4) is 5.75 Å². The molecular weight excluding hydrogens is 419 g/mol. The molecule has 1 N–H and O–H groups in total. The molecule has 3 rings (SSSR count). The molecule has 5 nitrogen and oxygen atoms in total. The van der Waals surface area contributed by atoms with Crippen LogP contribution in [-0.2, 0) is 9.59 Å². The van der Waals surface area contributed by atoms with Crippen LogP contribution in [-0.4, -0.2) is 25.0 Å². The summed E-state index contributed by atoms with van der Waals surface area (Å²) in [6.45, 7) is 2.36. The van der Waals surface area contributed by atoms with E-state index in [1.54, 1.807) is 4.90 Å². The second-order valence-electron chi connectivity index (χ2n) is 5.56. The van der Waals surface area contributed by atoms with Gasteiger partial charge >= 0.3 is 0 Å². The monoisotopic (exact) mass is 436 g/mol. The number of carbonyl (C=O) groups is 2. The summed E-state index contributed by atoms with van der Waals surface area (Å²) in [6.07, 6.45) is 0.227. The van der Waals surface area contributed by atoms with Gasteiger partial charge in [0.1, 0.15) is 5.75 Å². The van der Waals surface area contributed by atoms with Gasteiger partial charge < -0.3 is 15.0 Å². The molecule has 0 spiro atoms. The maximum atomic E-state index is 12.2. The Kier molecular flexibility index (Phi) is 5.03. The van der Waals surface area contributed by atoms with Crippen molar-refractivity contribution in [3.63, 3.8) is 0 Å². The molecule has 0 saturated heterocycles. The van der Waals surface area contributed by atoms with Crippen LogP contribution in [0, 0.1) is 10.5 Å². The Morgan fingerprint density at radius 3 is 2.88 bits per heavy atom. The first-order valence-electron chi connectivity index (χ1n) is 7.63. The van der Waals surface area contributed by atoms with Gasteiger partial charge in [-0.05, 0) is 59.3 Å². The number of amides is 2. The topological polar surface area (TPSA) is 58.6 Å². The van der Waals surface area contributed by atoms with Crippen LogP contribution in [0.2, 0.25) is 0 Å². The molecule has 1 heterocycles. The molecule has 0 saturated carbocycles. The summed E-state index contributed by atoms with van der Waals surface area (Å²) in [5, 5.41) is 2.88. The van der Waals surface area contributed by atoms with Crippen LogP contribution in [0.1, 0.15) is 12.0 Å². The first-order valence-corrected chi connectivity index (χ1v) is 8.70. The molecular formula is C18H17IN2O3. The van der Waals surface area contributed by atoms with Gasteiger partial charge in [0.05, 0.1) is 5.69 Å². The molecule has 6 heteroatoms. The first-order chi connectivity index (χ1) is 11.5. The Bertz CT molecular complexity index is 792. The maximum Gasteiger partial charge on any atom is 0.265 e. The van der Waals surface area contributed by atoms with Crippen molar-refractivity contribution in [3.05, 3.63) is 51.6 Å². The van der Waals surface area contributed by atoms with Gasteiger partial charge in [-0.2, -0.15) is 0 Å². The highest BCUT2D eigenvalue weighted by molar-refractivity contribution is 14.1. The summed E-state index contributed by atoms with van der Waals surface area (Å²) in [7, 11) is 0. The van der Waals surface area contributed by atoms with Gasteiger partial charge in [-0.1, -0.05) is 18.2 Å². The zero-order valence-electron chi connectivity index (χ0n) is 13.2. The average molecular weight is 436 g/mol. The van der Waals surface area contributed by atoms with Gasteiger partial charge in [0.15, 0.2) is 6.61 Å². The smallest absolute Gasteiger partial charge is 0.265 e. The SMILES string of the molecule is Cc1ccc(NC(=O)CCN2C(=O)COc3ccccc32)cc1I. The Morgan fingerprint density at radius 2 is 2.08 bits per heavy atom. The number of rotatable bonds is 4. The van der Waals surface area contributed by atoms with Crippen LogP contribution in [0.5, 0.6) is 5.75 Å². The zero-order chi connectivity index (χ0) is 17.1. The molecule has 124 valence electrons. The highest BCUT2D eigenvalue weighted by atomic mass is 127. The third kappa shape index (κ3) is 3.69. The van der Waals surface area contributed by atoms with Crippen molar-refractivity contribution in [2.45, 2.75) is 13.3 Å². The molecule has 0 radical (unpaired) electrons. The van der Waals surface area contributed by atoms with E-state index in [0.717, 1.165) is 9.26 Å². The molecule has 1 aliphatic rings. The maximum absolute atomic E-state index is 12.2. The van der Waals surface area contributed by atoms with Gasteiger partial charge in [0.25, 0.3) is 5.91 Å². The van der Waals surface area contributed by atoms with Crippen molar-refractivity contribution in [1.82, 2.24) is 0 Å². The zero-order valence-corrected chi connectivity index (χ0v) is 15.4. The number of nitrogens with zero attached hydrogens (tertiary/aromatic N) is 1. The van der Waals surface area contributed by atoms with Crippen LogP contribution in [0.4, 0.5) is 11.4 Å². The van der Waals surface area contributed by atoms with E-state index in [2.05, 4.69) is 27.9 Å². The van der Waals surface area contributed by atoms with Crippen molar-refractivity contribution in [1.29, 1.82) is 0 Å². The average Bonchev–Trinajstić information content (AvgIpc) is 2.57. The normalized spacial score (nSPS) is 13.2.